The van der Waals surface area contributed by atoms with Crippen molar-refractivity contribution in [1.82, 2.24) is 0 Å². The molecular weight excluding hydrogens is 499 g/mol. The first-order chi connectivity index (χ1) is 19.4. The maximum absolute atomic E-state index is 15.2. The fourth-order valence-corrected chi connectivity index (χ4v) is 4.78. The van der Waals surface area contributed by atoms with Crippen LogP contribution in [-0.4, -0.2) is 17.7 Å². The van der Waals surface area contributed by atoms with E-state index in [1.807, 2.05) is 54.6 Å². The van der Waals surface area contributed by atoms with Gasteiger partial charge in [0.15, 0.2) is 0 Å². The van der Waals surface area contributed by atoms with Gasteiger partial charge in [-0.2, -0.15) is 0 Å². The zero-order valence-corrected chi connectivity index (χ0v) is 23.4. The average Bonchev–Trinajstić information content (AvgIpc) is 2.97. The third kappa shape index (κ3) is 7.34. The van der Waals surface area contributed by atoms with Crippen LogP contribution in [-0.2, 0) is 29.0 Å². The molecule has 40 heavy (non-hydrogen) atoms. The topological polar surface area (TPSA) is 46.5 Å². The van der Waals surface area contributed by atoms with Crippen molar-refractivity contribution < 1.29 is 19.0 Å². The second-order valence-electron chi connectivity index (χ2n) is 10.2. The van der Waals surface area contributed by atoms with E-state index in [1.54, 1.807) is 13.0 Å². The van der Waals surface area contributed by atoms with Crippen molar-refractivity contribution >= 4 is 5.97 Å². The van der Waals surface area contributed by atoms with Crippen LogP contribution < -0.4 is 0 Å². The second kappa shape index (κ2) is 13.9. The van der Waals surface area contributed by atoms with E-state index in [-0.39, 0.29) is 19.0 Å². The first-order valence-electron chi connectivity index (χ1n) is 13.9. The number of aliphatic hydroxyl groups is 1. The third-order valence-corrected chi connectivity index (χ3v) is 7.15. The summed E-state index contributed by atoms with van der Waals surface area (Å²) in [7, 11) is 0. The number of ether oxygens (including phenoxy) is 1. The minimum atomic E-state index is -0.447. The minimum absolute atomic E-state index is 0.00415. The van der Waals surface area contributed by atoms with Crippen LogP contribution >= 0.6 is 0 Å². The molecule has 0 saturated heterocycles. The fourth-order valence-electron chi connectivity index (χ4n) is 4.78. The monoisotopic (exact) mass is 536 g/mol. The summed E-state index contributed by atoms with van der Waals surface area (Å²) in [4.78, 5) is 11.9. The van der Waals surface area contributed by atoms with Crippen molar-refractivity contribution in [3.8, 4) is 33.4 Å². The second-order valence-corrected chi connectivity index (χ2v) is 10.2. The van der Waals surface area contributed by atoms with Crippen LogP contribution in [0.15, 0.2) is 97.1 Å². The lowest BCUT2D eigenvalue weighted by Crippen LogP contribution is -2.07. The highest BCUT2D eigenvalue weighted by Gasteiger charge is 2.11. The summed E-state index contributed by atoms with van der Waals surface area (Å²) in [6, 6.07) is 27.5. The zero-order valence-electron chi connectivity index (χ0n) is 23.4. The highest BCUT2D eigenvalue weighted by Crippen LogP contribution is 2.31. The number of hydrogen-bond acceptors (Lipinski definition) is 3. The molecule has 0 atom stereocenters. The van der Waals surface area contributed by atoms with E-state index in [0.29, 0.717) is 17.6 Å². The molecule has 0 aliphatic carbocycles. The Balaban J connectivity index is 1.51. The molecule has 0 amide bonds. The normalized spacial score (nSPS) is 10.9. The summed E-state index contributed by atoms with van der Waals surface area (Å²) in [5.41, 5.74) is 8.54. The van der Waals surface area contributed by atoms with Gasteiger partial charge >= 0.3 is 5.97 Å². The number of halogens is 1. The highest BCUT2D eigenvalue weighted by molar-refractivity contribution is 5.87. The SMILES string of the molecule is C=C(C)C(=O)OCc1cc(-c2ccc(-c3ccc(-c4ccc(CCCCC)cc4)cc3F)cc2)ccc1CCO. The van der Waals surface area contributed by atoms with Crippen molar-refractivity contribution in [2.24, 2.45) is 0 Å². The van der Waals surface area contributed by atoms with E-state index in [2.05, 4.69) is 37.8 Å². The van der Waals surface area contributed by atoms with Gasteiger partial charge in [-0.15, -0.1) is 0 Å². The Kier molecular flexibility index (Phi) is 10.0. The minimum Gasteiger partial charge on any atom is -0.457 e. The fraction of sp³-hybridized carbons (Fsp3) is 0.250. The molecule has 3 nitrogen and oxygen atoms in total. The summed E-state index contributed by atoms with van der Waals surface area (Å²) in [6.45, 7) is 7.55. The highest BCUT2D eigenvalue weighted by atomic mass is 19.1. The Labute approximate surface area is 237 Å². The molecule has 0 saturated carbocycles. The van der Waals surface area contributed by atoms with Gasteiger partial charge in [0.25, 0.3) is 0 Å². The number of benzene rings is 4. The summed E-state index contributed by atoms with van der Waals surface area (Å²) in [6.07, 6.45) is 5.19. The molecule has 0 bridgehead atoms. The summed E-state index contributed by atoms with van der Waals surface area (Å²) in [5, 5.41) is 9.43. The number of carbonyl (C=O) groups excluding carboxylic acids is 1. The average molecular weight is 537 g/mol. The van der Waals surface area contributed by atoms with Crippen molar-refractivity contribution in [3.63, 3.8) is 0 Å². The largest absolute Gasteiger partial charge is 0.457 e. The van der Waals surface area contributed by atoms with Gasteiger partial charge in [0.2, 0.25) is 0 Å². The van der Waals surface area contributed by atoms with Gasteiger partial charge in [-0.05, 0) is 82.8 Å². The molecule has 0 aromatic heterocycles. The molecule has 0 aliphatic heterocycles. The van der Waals surface area contributed by atoms with Crippen LogP contribution in [0.5, 0.6) is 0 Å². The first kappa shape index (κ1) is 29.0. The maximum Gasteiger partial charge on any atom is 0.333 e. The van der Waals surface area contributed by atoms with E-state index in [4.69, 9.17) is 4.74 Å². The Morgan fingerprint density at radius 2 is 1.38 bits per heavy atom. The summed E-state index contributed by atoms with van der Waals surface area (Å²) < 4.78 is 20.6. The number of rotatable bonds is 12. The molecule has 4 aromatic rings. The lowest BCUT2D eigenvalue weighted by Gasteiger charge is -2.13. The van der Waals surface area contributed by atoms with Crippen LogP contribution in [0.4, 0.5) is 4.39 Å². The number of aliphatic hydroxyl groups excluding tert-OH is 1. The lowest BCUT2D eigenvalue weighted by atomic mass is 9.95. The number of esters is 1. The number of hydrogen-bond donors (Lipinski definition) is 1. The molecule has 0 spiro atoms. The molecule has 0 radical (unpaired) electrons. The predicted octanol–water partition coefficient (Wildman–Crippen LogP) is 8.71. The first-order valence-corrected chi connectivity index (χ1v) is 13.9. The van der Waals surface area contributed by atoms with Crippen molar-refractivity contribution in [1.29, 1.82) is 0 Å². The van der Waals surface area contributed by atoms with Gasteiger partial charge in [0, 0.05) is 17.7 Å². The molecule has 1 N–H and O–H groups in total. The molecule has 0 aliphatic rings. The molecule has 0 unspecified atom stereocenters. The van der Waals surface area contributed by atoms with E-state index in [9.17, 15) is 9.90 Å². The molecular formula is C36H37FO3. The van der Waals surface area contributed by atoms with Gasteiger partial charge in [-0.1, -0.05) is 99.1 Å². The van der Waals surface area contributed by atoms with Crippen LogP contribution in [0.1, 0.15) is 49.8 Å². The number of unbranched alkanes of at least 4 members (excludes halogenated alkanes) is 2. The quantitative estimate of drug-likeness (QED) is 0.112. The van der Waals surface area contributed by atoms with Gasteiger partial charge < -0.3 is 9.84 Å². The van der Waals surface area contributed by atoms with Crippen molar-refractivity contribution in [2.75, 3.05) is 6.61 Å². The molecule has 0 fully saturated rings. The standard InChI is InChI=1S/C36H37FO3/c1-4-5-6-7-26-8-10-27(11-9-26)32-18-19-34(35(37)23-32)30-15-12-28(13-16-30)31-17-14-29(20-21-38)33(22-31)24-40-36(39)25(2)3/h8-19,22-23,38H,2,4-7,20-21,24H2,1,3H3. The Hall–Kier alpha value is -4.02. The van der Waals surface area contributed by atoms with Gasteiger partial charge in [-0.3, -0.25) is 0 Å². The van der Waals surface area contributed by atoms with Crippen LogP contribution in [0.3, 0.4) is 0 Å². The van der Waals surface area contributed by atoms with Crippen LogP contribution in [0, 0.1) is 5.82 Å². The van der Waals surface area contributed by atoms with Crippen molar-refractivity contribution in [3.05, 3.63) is 120 Å². The van der Waals surface area contributed by atoms with E-state index >= 15 is 4.39 Å². The Morgan fingerprint density at radius 3 is 2.00 bits per heavy atom. The predicted molar refractivity (Wildman–Crippen MR) is 161 cm³/mol. The maximum atomic E-state index is 15.2. The third-order valence-electron chi connectivity index (χ3n) is 7.15. The number of aryl methyl sites for hydroxylation is 1. The molecule has 4 heteroatoms. The summed E-state index contributed by atoms with van der Waals surface area (Å²) >= 11 is 0. The molecule has 0 heterocycles. The Morgan fingerprint density at radius 1 is 0.775 bits per heavy atom. The molecule has 206 valence electrons. The smallest absolute Gasteiger partial charge is 0.333 e. The Bertz CT molecular complexity index is 1450. The van der Waals surface area contributed by atoms with Gasteiger partial charge in [0.1, 0.15) is 12.4 Å². The van der Waals surface area contributed by atoms with E-state index < -0.39 is 5.97 Å². The lowest BCUT2D eigenvalue weighted by molar-refractivity contribution is -0.140. The zero-order chi connectivity index (χ0) is 28.5. The summed E-state index contributed by atoms with van der Waals surface area (Å²) in [5.74, 6) is -0.704. The number of carbonyl (C=O) groups is 1. The van der Waals surface area contributed by atoms with Crippen LogP contribution in [0.25, 0.3) is 33.4 Å². The van der Waals surface area contributed by atoms with Crippen molar-refractivity contribution in [2.45, 2.75) is 52.6 Å². The van der Waals surface area contributed by atoms with E-state index in [1.165, 1.54) is 24.8 Å². The van der Waals surface area contributed by atoms with Crippen LogP contribution in [0.2, 0.25) is 0 Å². The van der Waals surface area contributed by atoms with E-state index in [0.717, 1.165) is 45.4 Å². The van der Waals surface area contributed by atoms with Gasteiger partial charge in [-0.25, -0.2) is 9.18 Å². The molecule has 4 aromatic carbocycles. The van der Waals surface area contributed by atoms with Gasteiger partial charge in [0.05, 0.1) is 0 Å². The molecule has 4 rings (SSSR count).